The van der Waals surface area contributed by atoms with Crippen LogP contribution in [0.2, 0.25) is 0 Å². The number of aromatic nitrogens is 1. The third-order valence-electron chi connectivity index (χ3n) is 5.11. The first kappa shape index (κ1) is 21.4. The summed E-state index contributed by atoms with van der Waals surface area (Å²) in [5.74, 6) is 2.26. The number of aliphatic imine (C=N–C) groups is 1. The van der Waals surface area contributed by atoms with Crippen molar-refractivity contribution >= 4 is 5.96 Å². The Balaban J connectivity index is 1.78. The third-order valence-corrected chi connectivity index (χ3v) is 5.11. The summed E-state index contributed by atoms with van der Waals surface area (Å²) in [5, 5.41) is 6.83. The van der Waals surface area contributed by atoms with Gasteiger partial charge in [0.2, 0.25) is 0 Å². The fourth-order valence-corrected chi connectivity index (χ4v) is 3.53. The van der Waals surface area contributed by atoms with Crippen molar-refractivity contribution in [2.75, 3.05) is 53.0 Å². The zero-order valence-corrected chi connectivity index (χ0v) is 17.0. The van der Waals surface area contributed by atoms with E-state index in [9.17, 15) is 0 Å². The lowest BCUT2D eigenvalue weighted by Crippen LogP contribution is -2.53. The first-order valence-electron chi connectivity index (χ1n) is 10.1. The molecule has 0 aromatic carbocycles. The summed E-state index contributed by atoms with van der Waals surface area (Å²) < 4.78 is 11.2. The average molecular weight is 378 g/mol. The summed E-state index contributed by atoms with van der Waals surface area (Å²) in [6, 6.07) is 4.27. The highest BCUT2D eigenvalue weighted by Gasteiger charge is 2.26. The highest BCUT2D eigenvalue weighted by molar-refractivity contribution is 5.79. The van der Waals surface area contributed by atoms with Crippen molar-refractivity contribution in [3.8, 4) is 5.75 Å². The topological polar surface area (TPSA) is 71.0 Å². The molecule has 1 unspecified atom stereocenters. The lowest BCUT2D eigenvalue weighted by molar-refractivity contribution is 0.00272. The van der Waals surface area contributed by atoms with Crippen LogP contribution in [0, 0.1) is 5.92 Å². The fraction of sp³-hybridized carbons (Fsp3) is 0.700. The van der Waals surface area contributed by atoms with Gasteiger partial charge in [0.15, 0.2) is 5.96 Å². The molecule has 1 aromatic rings. The molecular formula is C20H35N5O2. The Morgan fingerprint density at radius 3 is 2.70 bits per heavy atom. The molecule has 0 bridgehead atoms. The van der Waals surface area contributed by atoms with Crippen LogP contribution >= 0.6 is 0 Å². The molecule has 0 amide bonds. The molecule has 1 aromatic heterocycles. The van der Waals surface area contributed by atoms with Crippen molar-refractivity contribution in [3.05, 3.63) is 24.5 Å². The summed E-state index contributed by atoms with van der Waals surface area (Å²) in [4.78, 5) is 11.0. The Morgan fingerprint density at radius 2 is 2.07 bits per heavy atom. The van der Waals surface area contributed by atoms with Crippen LogP contribution in [0.1, 0.15) is 26.7 Å². The average Bonchev–Trinajstić information content (AvgIpc) is 2.73. The monoisotopic (exact) mass is 377 g/mol. The van der Waals surface area contributed by atoms with E-state index >= 15 is 0 Å². The Hall–Kier alpha value is -1.86. The standard InChI is InChI=1S/C20H35N5O2/c1-4-17(5-2)19(25-10-13-26-14-11-25)16-24-20(21-3)23-9-12-27-18-7-6-8-22-15-18/h6-8,15,17,19H,4-5,9-14,16H2,1-3H3,(H2,21,23,24). The van der Waals surface area contributed by atoms with Gasteiger partial charge in [0.1, 0.15) is 12.4 Å². The summed E-state index contributed by atoms with van der Waals surface area (Å²) in [6.07, 6.45) is 5.83. The second kappa shape index (κ2) is 12.5. The van der Waals surface area contributed by atoms with Crippen molar-refractivity contribution in [3.63, 3.8) is 0 Å². The van der Waals surface area contributed by atoms with Gasteiger partial charge in [-0.1, -0.05) is 26.7 Å². The maximum atomic E-state index is 5.66. The van der Waals surface area contributed by atoms with E-state index in [1.54, 1.807) is 19.4 Å². The summed E-state index contributed by atoms with van der Waals surface area (Å²) in [7, 11) is 1.80. The molecule has 0 spiro atoms. The highest BCUT2D eigenvalue weighted by atomic mass is 16.5. The van der Waals surface area contributed by atoms with Gasteiger partial charge in [0.05, 0.1) is 26.0 Å². The number of guanidine groups is 1. The Labute approximate surface area is 163 Å². The van der Waals surface area contributed by atoms with Gasteiger partial charge in [-0.3, -0.25) is 14.9 Å². The molecule has 2 N–H and O–H groups in total. The molecule has 1 aliphatic rings. The van der Waals surface area contributed by atoms with E-state index in [1.165, 1.54) is 12.8 Å². The lowest BCUT2D eigenvalue weighted by atomic mass is 9.92. The first-order chi connectivity index (χ1) is 13.3. The van der Waals surface area contributed by atoms with Crippen molar-refractivity contribution in [2.24, 2.45) is 10.9 Å². The van der Waals surface area contributed by atoms with E-state index in [0.717, 1.165) is 44.6 Å². The molecule has 0 aliphatic carbocycles. The van der Waals surface area contributed by atoms with Crippen LogP contribution in [0.3, 0.4) is 0 Å². The van der Waals surface area contributed by atoms with E-state index in [2.05, 4.69) is 39.4 Å². The molecule has 1 fully saturated rings. The van der Waals surface area contributed by atoms with E-state index in [0.29, 0.717) is 25.1 Å². The zero-order chi connectivity index (χ0) is 19.3. The predicted molar refractivity (Wildman–Crippen MR) is 109 cm³/mol. The molecule has 7 nitrogen and oxygen atoms in total. The lowest BCUT2D eigenvalue weighted by Gasteiger charge is -2.39. The smallest absolute Gasteiger partial charge is 0.191 e. The molecule has 0 radical (unpaired) electrons. The zero-order valence-electron chi connectivity index (χ0n) is 17.0. The van der Waals surface area contributed by atoms with Crippen molar-refractivity contribution in [1.82, 2.24) is 20.5 Å². The number of hydrogen-bond acceptors (Lipinski definition) is 5. The number of ether oxygens (including phenoxy) is 2. The van der Waals surface area contributed by atoms with Crippen LogP contribution < -0.4 is 15.4 Å². The largest absolute Gasteiger partial charge is 0.490 e. The molecule has 2 heterocycles. The van der Waals surface area contributed by atoms with Gasteiger partial charge in [-0.15, -0.1) is 0 Å². The van der Waals surface area contributed by atoms with Crippen molar-refractivity contribution in [2.45, 2.75) is 32.7 Å². The number of nitrogens with zero attached hydrogens (tertiary/aromatic N) is 3. The molecule has 0 saturated carbocycles. The highest BCUT2D eigenvalue weighted by Crippen LogP contribution is 2.19. The Bertz CT molecular complexity index is 530. The van der Waals surface area contributed by atoms with Crippen LogP contribution in [0.5, 0.6) is 5.75 Å². The maximum Gasteiger partial charge on any atom is 0.191 e. The van der Waals surface area contributed by atoms with Gasteiger partial charge in [-0.25, -0.2) is 0 Å². The molecular weight excluding hydrogens is 342 g/mol. The Kier molecular flexibility index (Phi) is 9.94. The van der Waals surface area contributed by atoms with Crippen LogP contribution in [-0.4, -0.2) is 74.9 Å². The van der Waals surface area contributed by atoms with Crippen molar-refractivity contribution in [1.29, 1.82) is 0 Å². The van der Waals surface area contributed by atoms with Gasteiger partial charge in [-0.05, 0) is 18.1 Å². The van der Waals surface area contributed by atoms with Crippen LogP contribution in [0.25, 0.3) is 0 Å². The molecule has 7 heteroatoms. The minimum absolute atomic E-state index is 0.495. The number of pyridine rings is 1. The van der Waals surface area contributed by atoms with Gasteiger partial charge < -0.3 is 20.1 Å². The summed E-state index contributed by atoms with van der Waals surface area (Å²) in [5.41, 5.74) is 0. The summed E-state index contributed by atoms with van der Waals surface area (Å²) in [6.45, 7) is 10.4. The fourth-order valence-electron chi connectivity index (χ4n) is 3.53. The quantitative estimate of drug-likeness (QED) is 0.368. The van der Waals surface area contributed by atoms with E-state index in [-0.39, 0.29) is 0 Å². The minimum atomic E-state index is 0.495. The minimum Gasteiger partial charge on any atom is -0.490 e. The third kappa shape index (κ3) is 7.34. The second-order valence-electron chi connectivity index (χ2n) is 6.71. The van der Waals surface area contributed by atoms with Gasteiger partial charge >= 0.3 is 0 Å². The maximum absolute atomic E-state index is 5.66. The van der Waals surface area contributed by atoms with Gasteiger partial charge in [-0.2, -0.15) is 0 Å². The van der Waals surface area contributed by atoms with Crippen LogP contribution in [0.4, 0.5) is 0 Å². The van der Waals surface area contributed by atoms with Gasteiger partial charge in [0, 0.05) is 38.9 Å². The SMILES string of the molecule is CCC(CC)C(CNC(=NC)NCCOc1cccnc1)N1CCOCC1. The number of rotatable bonds is 10. The van der Waals surface area contributed by atoms with Crippen LogP contribution in [0.15, 0.2) is 29.5 Å². The molecule has 1 aliphatic heterocycles. The van der Waals surface area contributed by atoms with E-state index in [1.807, 2.05) is 12.1 Å². The van der Waals surface area contributed by atoms with E-state index in [4.69, 9.17) is 9.47 Å². The Morgan fingerprint density at radius 1 is 1.30 bits per heavy atom. The predicted octanol–water partition coefficient (Wildman–Crippen LogP) is 1.76. The normalized spacial score (nSPS) is 17.0. The number of nitrogens with one attached hydrogen (secondary N) is 2. The molecule has 152 valence electrons. The number of morpholine rings is 1. The second-order valence-corrected chi connectivity index (χ2v) is 6.71. The summed E-state index contributed by atoms with van der Waals surface area (Å²) >= 11 is 0. The van der Waals surface area contributed by atoms with Gasteiger partial charge in [0.25, 0.3) is 0 Å². The first-order valence-corrected chi connectivity index (χ1v) is 10.1. The van der Waals surface area contributed by atoms with Crippen molar-refractivity contribution < 1.29 is 9.47 Å². The molecule has 1 atom stereocenters. The molecule has 1 saturated heterocycles. The van der Waals surface area contributed by atoms with Crippen LogP contribution in [-0.2, 0) is 4.74 Å². The molecule has 27 heavy (non-hydrogen) atoms. The molecule has 2 rings (SSSR count). The number of hydrogen-bond donors (Lipinski definition) is 2. The van der Waals surface area contributed by atoms with E-state index < -0.39 is 0 Å².